The quantitative estimate of drug-likeness (QED) is 0.733. The summed E-state index contributed by atoms with van der Waals surface area (Å²) >= 11 is 5.55. The molecule has 2 rings (SSSR count). The van der Waals surface area contributed by atoms with Crippen LogP contribution in [0.2, 0.25) is 0 Å². The average molecular weight is 236 g/mol. The maximum Gasteiger partial charge on any atom is 0.132 e. The first-order valence-electron chi connectivity index (χ1n) is 5.08. The molecule has 16 heavy (non-hydrogen) atoms. The van der Waals surface area contributed by atoms with E-state index in [1.807, 2.05) is 18.2 Å². The van der Waals surface area contributed by atoms with Gasteiger partial charge in [0.2, 0.25) is 0 Å². The van der Waals surface area contributed by atoms with Crippen molar-refractivity contribution in [1.29, 1.82) is 0 Å². The summed E-state index contributed by atoms with van der Waals surface area (Å²) < 4.78 is 13.6. The van der Waals surface area contributed by atoms with E-state index in [2.05, 4.69) is 4.98 Å². The van der Waals surface area contributed by atoms with Crippen LogP contribution in [-0.4, -0.2) is 10.9 Å². The van der Waals surface area contributed by atoms with Crippen LogP contribution in [0.15, 0.2) is 36.5 Å². The molecule has 0 aliphatic carbocycles. The molecule has 1 heterocycles. The molecule has 0 aliphatic rings. The first kappa shape index (κ1) is 11.1. The maximum absolute atomic E-state index is 13.6. The number of allylic oxidation sites excluding steroid dienone is 1. The van der Waals surface area contributed by atoms with E-state index in [0.29, 0.717) is 17.0 Å². The minimum atomic E-state index is -0.253. The van der Waals surface area contributed by atoms with Gasteiger partial charge in [-0.1, -0.05) is 18.2 Å². The lowest BCUT2D eigenvalue weighted by atomic mass is 10.1. The van der Waals surface area contributed by atoms with Gasteiger partial charge in [-0.3, -0.25) is 4.98 Å². The molecule has 0 N–H and O–H groups in total. The first-order chi connectivity index (χ1) is 7.81. The fourth-order valence-electron chi connectivity index (χ4n) is 1.51. The number of alkyl halides is 1. The van der Waals surface area contributed by atoms with Gasteiger partial charge >= 0.3 is 0 Å². The Kier molecular flexibility index (Phi) is 3.52. The Balaban J connectivity index is 2.42. The highest BCUT2D eigenvalue weighted by molar-refractivity contribution is 6.17. The molecule has 82 valence electrons. The second kappa shape index (κ2) is 5.08. The SMILES string of the molecule is Fc1cc2ncccc2cc1C=CCCCl. The average Bonchev–Trinajstić information content (AvgIpc) is 2.30. The minimum Gasteiger partial charge on any atom is -0.256 e. The van der Waals surface area contributed by atoms with Crippen LogP contribution in [-0.2, 0) is 0 Å². The van der Waals surface area contributed by atoms with Crippen molar-refractivity contribution in [3.8, 4) is 0 Å². The predicted octanol–water partition coefficient (Wildman–Crippen LogP) is 4.02. The predicted molar refractivity (Wildman–Crippen MR) is 66.1 cm³/mol. The van der Waals surface area contributed by atoms with Crippen LogP contribution >= 0.6 is 11.6 Å². The molecule has 0 unspecified atom stereocenters. The Bertz CT molecular complexity index is 522. The third-order valence-corrected chi connectivity index (χ3v) is 2.51. The van der Waals surface area contributed by atoms with E-state index in [-0.39, 0.29) is 5.82 Å². The van der Waals surface area contributed by atoms with Gasteiger partial charge in [0.25, 0.3) is 0 Å². The molecule has 1 aromatic heterocycles. The Morgan fingerprint density at radius 2 is 2.25 bits per heavy atom. The molecule has 0 aliphatic heterocycles. The van der Waals surface area contributed by atoms with Gasteiger partial charge in [-0.15, -0.1) is 11.6 Å². The molecule has 0 bridgehead atoms. The van der Waals surface area contributed by atoms with Gasteiger partial charge in [0.1, 0.15) is 5.82 Å². The van der Waals surface area contributed by atoms with Crippen molar-refractivity contribution in [2.45, 2.75) is 6.42 Å². The summed E-state index contributed by atoms with van der Waals surface area (Å²) in [6, 6.07) is 7.01. The zero-order valence-electron chi connectivity index (χ0n) is 8.66. The van der Waals surface area contributed by atoms with Gasteiger partial charge in [-0.05, 0) is 18.6 Å². The summed E-state index contributed by atoms with van der Waals surface area (Å²) in [5.74, 6) is 0.296. The van der Waals surface area contributed by atoms with Crippen molar-refractivity contribution in [1.82, 2.24) is 4.98 Å². The van der Waals surface area contributed by atoms with E-state index >= 15 is 0 Å². The summed E-state index contributed by atoms with van der Waals surface area (Å²) in [6.45, 7) is 0. The van der Waals surface area contributed by atoms with Crippen molar-refractivity contribution in [3.63, 3.8) is 0 Å². The number of benzene rings is 1. The lowest BCUT2D eigenvalue weighted by Crippen LogP contribution is -1.85. The molecular formula is C13H11ClFN. The number of rotatable bonds is 3. The molecule has 3 heteroatoms. The molecule has 0 amide bonds. The minimum absolute atomic E-state index is 0.253. The van der Waals surface area contributed by atoms with Gasteiger partial charge in [-0.25, -0.2) is 4.39 Å². The summed E-state index contributed by atoms with van der Waals surface area (Å²) in [6.07, 6.45) is 6.02. The van der Waals surface area contributed by atoms with Crippen LogP contribution in [0.5, 0.6) is 0 Å². The Hall–Kier alpha value is -1.41. The molecule has 1 nitrogen and oxygen atoms in total. The van der Waals surface area contributed by atoms with E-state index in [0.717, 1.165) is 11.8 Å². The molecule has 0 saturated carbocycles. The van der Waals surface area contributed by atoms with Gasteiger partial charge < -0.3 is 0 Å². The number of aromatic nitrogens is 1. The molecule has 0 saturated heterocycles. The second-order valence-corrected chi connectivity index (χ2v) is 3.83. The smallest absolute Gasteiger partial charge is 0.132 e. The molecular weight excluding hydrogens is 225 g/mol. The van der Waals surface area contributed by atoms with Crippen LogP contribution < -0.4 is 0 Å². The van der Waals surface area contributed by atoms with Crippen molar-refractivity contribution < 1.29 is 4.39 Å². The zero-order chi connectivity index (χ0) is 11.4. The number of fused-ring (bicyclic) bond motifs is 1. The van der Waals surface area contributed by atoms with Crippen LogP contribution in [0.4, 0.5) is 4.39 Å². The van der Waals surface area contributed by atoms with E-state index in [1.54, 1.807) is 18.3 Å². The fraction of sp³-hybridized carbons (Fsp3) is 0.154. The standard InChI is InChI=1S/C13H11ClFN/c14-6-2-1-4-10-8-11-5-3-7-16-13(11)9-12(10)15/h1,3-5,7-9H,2,6H2. The number of hydrogen-bond donors (Lipinski definition) is 0. The van der Waals surface area contributed by atoms with E-state index in [9.17, 15) is 4.39 Å². The summed E-state index contributed by atoms with van der Waals surface area (Å²) in [5.41, 5.74) is 1.25. The number of halogens is 2. The highest BCUT2D eigenvalue weighted by Gasteiger charge is 2.01. The topological polar surface area (TPSA) is 12.9 Å². The highest BCUT2D eigenvalue weighted by atomic mass is 35.5. The number of nitrogens with zero attached hydrogens (tertiary/aromatic N) is 1. The van der Waals surface area contributed by atoms with Crippen molar-refractivity contribution >= 4 is 28.6 Å². The van der Waals surface area contributed by atoms with Gasteiger partial charge in [0.15, 0.2) is 0 Å². The Morgan fingerprint density at radius 3 is 3.06 bits per heavy atom. The van der Waals surface area contributed by atoms with Crippen LogP contribution in [0.25, 0.3) is 17.0 Å². The van der Waals surface area contributed by atoms with Crippen LogP contribution in [0.3, 0.4) is 0 Å². The normalized spacial score (nSPS) is 11.4. The van der Waals surface area contributed by atoms with E-state index in [1.165, 1.54) is 6.07 Å². The molecule has 0 radical (unpaired) electrons. The molecule has 0 fully saturated rings. The largest absolute Gasteiger partial charge is 0.256 e. The highest BCUT2D eigenvalue weighted by Crippen LogP contribution is 2.18. The van der Waals surface area contributed by atoms with Crippen LogP contribution in [0.1, 0.15) is 12.0 Å². The molecule has 1 aromatic carbocycles. The molecule has 0 spiro atoms. The Morgan fingerprint density at radius 1 is 1.38 bits per heavy atom. The number of pyridine rings is 1. The summed E-state index contributed by atoms with van der Waals surface area (Å²) in [7, 11) is 0. The van der Waals surface area contributed by atoms with Gasteiger partial charge in [-0.2, -0.15) is 0 Å². The van der Waals surface area contributed by atoms with Crippen molar-refractivity contribution in [2.24, 2.45) is 0 Å². The monoisotopic (exact) mass is 235 g/mol. The first-order valence-corrected chi connectivity index (χ1v) is 5.61. The third kappa shape index (κ3) is 2.39. The van der Waals surface area contributed by atoms with Gasteiger partial charge in [0.05, 0.1) is 5.52 Å². The second-order valence-electron chi connectivity index (χ2n) is 3.45. The van der Waals surface area contributed by atoms with E-state index < -0.39 is 0 Å². The molecule has 0 atom stereocenters. The Labute approximate surface area is 98.6 Å². The number of hydrogen-bond acceptors (Lipinski definition) is 1. The zero-order valence-corrected chi connectivity index (χ0v) is 9.41. The maximum atomic E-state index is 13.6. The fourth-order valence-corrected chi connectivity index (χ4v) is 1.64. The lowest BCUT2D eigenvalue weighted by molar-refractivity contribution is 0.626. The van der Waals surface area contributed by atoms with Crippen molar-refractivity contribution in [2.75, 3.05) is 5.88 Å². The third-order valence-electron chi connectivity index (χ3n) is 2.29. The molecule has 2 aromatic rings. The van der Waals surface area contributed by atoms with E-state index in [4.69, 9.17) is 11.6 Å². The van der Waals surface area contributed by atoms with Crippen LogP contribution in [0, 0.1) is 5.82 Å². The lowest BCUT2D eigenvalue weighted by Gasteiger charge is -2.00. The van der Waals surface area contributed by atoms with Crippen molar-refractivity contribution in [3.05, 3.63) is 47.9 Å². The summed E-state index contributed by atoms with van der Waals surface area (Å²) in [5, 5.41) is 0.939. The van der Waals surface area contributed by atoms with Gasteiger partial charge in [0, 0.05) is 29.1 Å². The summed E-state index contributed by atoms with van der Waals surface area (Å²) in [4.78, 5) is 4.09.